The molecule has 0 nitrogen and oxygen atoms in total. The van der Waals surface area contributed by atoms with Gasteiger partial charge in [0.05, 0.1) is 0 Å². The highest BCUT2D eigenvalue weighted by atomic mass is 35.6. The van der Waals surface area contributed by atoms with Crippen molar-refractivity contribution in [3.8, 4) is 0 Å². The highest BCUT2D eigenvalue weighted by molar-refractivity contribution is 7.92. The maximum atomic E-state index is 9.66. The van der Waals surface area contributed by atoms with Crippen molar-refractivity contribution < 1.29 is 0 Å². The molecule has 0 fully saturated rings. The first kappa shape index (κ1) is 47.5. The van der Waals surface area contributed by atoms with E-state index in [-0.39, 0.29) is 0 Å². The largest absolute Gasteiger partial charge is 0.214 e. The average Bonchev–Trinajstić information content (AvgIpc) is 3.44. The van der Waals surface area contributed by atoms with Gasteiger partial charge >= 0.3 is 0 Å². The van der Waals surface area contributed by atoms with E-state index >= 15 is 0 Å². The first-order chi connectivity index (χ1) is 28.6. The summed E-state index contributed by atoms with van der Waals surface area (Å²) < 4.78 is 0. The summed E-state index contributed by atoms with van der Waals surface area (Å²) in [6.45, 7) is 40.8. The van der Waals surface area contributed by atoms with Crippen molar-refractivity contribution in [1.82, 2.24) is 0 Å². The molecular formula is C57H79ClSi3. The van der Waals surface area contributed by atoms with E-state index in [1.807, 2.05) is 0 Å². The molecule has 61 heavy (non-hydrogen) atoms. The van der Waals surface area contributed by atoms with E-state index in [2.05, 4.69) is 216 Å². The van der Waals surface area contributed by atoms with E-state index in [9.17, 15) is 11.1 Å². The second-order valence-corrected chi connectivity index (χ2v) is 42.0. The minimum atomic E-state index is -3.27. The van der Waals surface area contributed by atoms with Crippen LogP contribution in [0.3, 0.4) is 0 Å². The van der Waals surface area contributed by atoms with Crippen LogP contribution < -0.4 is 31.1 Å². The molecule has 0 aliphatic carbocycles. The van der Waals surface area contributed by atoms with E-state index in [0.717, 1.165) is 0 Å². The van der Waals surface area contributed by atoms with Crippen molar-refractivity contribution in [3.05, 3.63) is 141 Å². The third kappa shape index (κ3) is 7.99. The predicted molar refractivity (Wildman–Crippen MR) is 281 cm³/mol. The van der Waals surface area contributed by atoms with Crippen LogP contribution in [0.2, 0.25) is 0 Å². The molecule has 0 unspecified atom stereocenters. The average molecular weight is 884 g/mol. The Labute approximate surface area is 381 Å². The molecule has 0 aromatic heterocycles. The molecule has 2 atom stereocenters. The van der Waals surface area contributed by atoms with Crippen LogP contribution in [0.5, 0.6) is 0 Å². The van der Waals surface area contributed by atoms with Crippen LogP contribution in [0.15, 0.2) is 91.0 Å². The maximum absolute atomic E-state index is 9.66. The van der Waals surface area contributed by atoms with Gasteiger partial charge in [-0.1, -0.05) is 226 Å². The molecule has 5 aromatic carbocycles. The fourth-order valence-corrected chi connectivity index (χ4v) is 56.2. The number of hydrogen-bond donors (Lipinski definition) is 0. The van der Waals surface area contributed by atoms with Crippen LogP contribution >= 0.6 is 11.1 Å². The minimum absolute atomic E-state index is 0.331. The zero-order valence-electron chi connectivity index (χ0n) is 41.3. The zero-order chi connectivity index (χ0) is 45.0. The van der Waals surface area contributed by atoms with Crippen LogP contribution in [0.1, 0.15) is 228 Å². The van der Waals surface area contributed by atoms with E-state index < -0.39 is 22.3 Å². The molecule has 0 saturated carbocycles. The lowest BCUT2D eigenvalue weighted by Gasteiger charge is -2.50. The summed E-state index contributed by atoms with van der Waals surface area (Å²) >= 11 is 9.66. The summed E-state index contributed by atoms with van der Waals surface area (Å²) in [6, 6.07) is 37.6. The first-order valence-corrected chi connectivity index (χ1v) is 33.0. The molecule has 1 heterocycles. The van der Waals surface area contributed by atoms with Gasteiger partial charge in [0.15, 0.2) is 0 Å². The Bertz CT molecular complexity index is 2180. The van der Waals surface area contributed by atoms with Crippen molar-refractivity contribution in [2.75, 3.05) is 0 Å². The topological polar surface area (TPSA) is 0 Å². The fourth-order valence-electron chi connectivity index (χ4n) is 11.1. The summed E-state index contributed by atoms with van der Waals surface area (Å²) in [6.07, 6.45) is 0. The highest BCUT2D eigenvalue weighted by Gasteiger charge is 2.72. The van der Waals surface area contributed by atoms with Gasteiger partial charge in [0.1, 0.15) is 15.4 Å². The molecule has 4 heteroatoms. The Morgan fingerprint density at radius 2 is 0.689 bits per heavy atom. The van der Waals surface area contributed by atoms with Crippen LogP contribution in [0, 0.1) is 0 Å². The van der Waals surface area contributed by atoms with Crippen molar-refractivity contribution in [1.29, 1.82) is 0 Å². The summed E-state index contributed by atoms with van der Waals surface area (Å²) in [5, 5.41) is 9.65. The Kier molecular flexibility index (Phi) is 14.2. The SMILES string of the molecule is CC(C)c1cc(C(C)C)c([Si@H]2c3ccccc3[Si@@](Cl)(c3ccccc3)[Si]2(c2c(C(C)C)cc(C(C)C)cc2C(C)C)c2c(C(C)C)cc(C(C)C)cc2C(C)C)c(C(C)C)c1. The Balaban J connectivity index is 2.14. The molecule has 0 bridgehead atoms. The fraction of sp³-hybridized carbons (Fsp3) is 0.474. The molecule has 0 spiro atoms. The monoisotopic (exact) mass is 883 g/mol. The summed E-state index contributed by atoms with van der Waals surface area (Å²) in [4.78, 5) is 0. The summed E-state index contributed by atoms with van der Waals surface area (Å²) in [5.41, 5.74) is 13.8. The van der Waals surface area contributed by atoms with Gasteiger partial charge in [-0.15, -0.1) is 0 Å². The van der Waals surface area contributed by atoms with Crippen molar-refractivity contribution in [3.63, 3.8) is 0 Å². The van der Waals surface area contributed by atoms with Crippen molar-refractivity contribution >= 4 is 64.5 Å². The van der Waals surface area contributed by atoms with E-state index in [1.54, 1.807) is 54.1 Å². The van der Waals surface area contributed by atoms with Gasteiger partial charge in [0.2, 0.25) is 6.90 Å². The Hall–Kier alpha value is -2.96. The van der Waals surface area contributed by atoms with Crippen LogP contribution in [-0.2, 0) is 0 Å². The van der Waals surface area contributed by atoms with Gasteiger partial charge in [-0.2, -0.15) is 11.1 Å². The molecule has 0 saturated heterocycles. The second-order valence-electron chi connectivity index (χ2n) is 21.5. The molecule has 0 radical (unpaired) electrons. The van der Waals surface area contributed by atoms with Gasteiger partial charge in [-0.05, 0) is 124 Å². The molecular weight excluding hydrogens is 804 g/mol. The van der Waals surface area contributed by atoms with Crippen LogP contribution in [0.25, 0.3) is 0 Å². The van der Waals surface area contributed by atoms with Gasteiger partial charge in [-0.25, -0.2) is 0 Å². The minimum Gasteiger partial charge on any atom is -0.158 e. The first-order valence-electron chi connectivity index (χ1n) is 24.0. The summed E-state index contributed by atoms with van der Waals surface area (Å²) in [5.74, 6) is 3.36. The van der Waals surface area contributed by atoms with Gasteiger partial charge in [0, 0.05) is 0 Å². The van der Waals surface area contributed by atoms with E-state index in [0.29, 0.717) is 53.3 Å². The molecule has 5 aromatic rings. The molecule has 0 N–H and O–H groups in total. The lowest BCUT2D eigenvalue weighted by atomic mass is 9.89. The zero-order valence-corrected chi connectivity index (χ0v) is 45.2. The van der Waals surface area contributed by atoms with Crippen molar-refractivity contribution in [2.45, 2.75) is 178 Å². The molecule has 326 valence electrons. The van der Waals surface area contributed by atoms with Gasteiger partial charge in [0.25, 0.3) is 0 Å². The number of fused-ring (bicyclic) bond motifs is 1. The van der Waals surface area contributed by atoms with E-state index in [4.69, 9.17) is 0 Å². The standard InChI is InChI=1S/C57H79ClSi3/c1-34(2)43-28-47(37(7)8)55(48(29-43)38(9)10)59-53-26-22-23-27-54(53)60(58,46-24-20-19-21-25-46)61(59,56-49(39(11)12)30-44(35(3)4)31-50(56)40(13)14)57-51(41(15)16)32-45(36(5)6)33-52(57)42(17)18/h19-42,59H,1-18H3/t59-,60-/m1/s1. The molecule has 6 rings (SSSR count). The Morgan fingerprint density at radius 1 is 0.377 bits per heavy atom. The maximum Gasteiger partial charge on any atom is 0.214 e. The molecule has 1 aliphatic heterocycles. The Morgan fingerprint density at radius 3 is 1.02 bits per heavy atom. The molecule has 1 aliphatic rings. The predicted octanol–water partition coefficient (Wildman–Crippen LogP) is 12.9. The van der Waals surface area contributed by atoms with Gasteiger partial charge in [-0.3, -0.25) is 0 Å². The highest BCUT2D eigenvalue weighted by Crippen LogP contribution is 2.42. The van der Waals surface area contributed by atoms with Crippen LogP contribution in [-0.4, -0.2) is 22.3 Å². The lowest BCUT2D eigenvalue weighted by molar-refractivity contribution is 0.809. The number of benzene rings is 5. The lowest BCUT2D eigenvalue weighted by Crippen LogP contribution is -2.88. The quantitative estimate of drug-likeness (QED) is 0.0816. The van der Waals surface area contributed by atoms with Crippen molar-refractivity contribution in [2.24, 2.45) is 0 Å². The number of hydrogen-bond acceptors (Lipinski definition) is 0. The third-order valence-corrected chi connectivity index (χ3v) is 48.6. The third-order valence-electron chi connectivity index (χ3n) is 14.3. The normalized spacial score (nSPS) is 17.8. The summed E-state index contributed by atoms with van der Waals surface area (Å²) in [7, 11) is -5.62. The number of rotatable bonds is 13. The van der Waals surface area contributed by atoms with Gasteiger partial charge < -0.3 is 0 Å². The smallest absolute Gasteiger partial charge is 0.158 e. The van der Waals surface area contributed by atoms with Crippen LogP contribution in [0.4, 0.5) is 0 Å². The molecule has 0 amide bonds. The number of halogens is 1. The van der Waals surface area contributed by atoms with E-state index in [1.165, 1.54) is 27.1 Å². The second kappa shape index (κ2) is 18.3.